The number of hydrogen-bond donors (Lipinski definition) is 1. The molecule has 1 amide bonds. The van der Waals surface area contributed by atoms with E-state index in [1.165, 1.54) is 5.69 Å². The summed E-state index contributed by atoms with van der Waals surface area (Å²) in [6.07, 6.45) is 1.67. The molecule has 4 rings (SSSR count). The summed E-state index contributed by atoms with van der Waals surface area (Å²) in [6.45, 7) is 10.4. The van der Waals surface area contributed by atoms with Crippen molar-refractivity contribution in [1.82, 2.24) is 9.99 Å². The quantitative estimate of drug-likeness (QED) is 0.239. The Hall–Kier alpha value is -3.32. The summed E-state index contributed by atoms with van der Waals surface area (Å²) in [5.74, 6) is -0.168. The van der Waals surface area contributed by atoms with Gasteiger partial charge in [-0.05, 0) is 82.3 Å². The summed E-state index contributed by atoms with van der Waals surface area (Å²) in [5, 5.41) is 5.02. The highest BCUT2D eigenvalue weighted by Gasteiger charge is 2.13. The number of rotatable bonds is 7. The molecule has 0 atom stereocenters. The van der Waals surface area contributed by atoms with Gasteiger partial charge in [0, 0.05) is 51.3 Å². The number of carbonyl (C=O) groups is 1. The van der Waals surface area contributed by atoms with Gasteiger partial charge in [-0.2, -0.15) is 5.10 Å². The van der Waals surface area contributed by atoms with Gasteiger partial charge in [0.2, 0.25) is 0 Å². The lowest BCUT2D eigenvalue weighted by atomic mass is 10.2. The van der Waals surface area contributed by atoms with Crippen LogP contribution >= 0.6 is 15.9 Å². The van der Waals surface area contributed by atoms with Gasteiger partial charge in [0.15, 0.2) is 5.76 Å². The van der Waals surface area contributed by atoms with Crippen molar-refractivity contribution in [2.24, 2.45) is 5.10 Å². The number of furan rings is 1. The fourth-order valence-corrected chi connectivity index (χ4v) is 4.44. The van der Waals surface area contributed by atoms with E-state index in [1.807, 2.05) is 25.1 Å². The molecule has 2 heterocycles. The van der Waals surface area contributed by atoms with Crippen LogP contribution in [0.2, 0.25) is 0 Å². The molecule has 0 saturated carbocycles. The molecule has 0 unspecified atom stereocenters. The van der Waals surface area contributed by atoms with E-state index < -0.39 is 0 Å². The van der Waals surface area contributed by atoms with Gasteiger partial charge in [-0.1, -0.05) is 15.9 Å². The normalized spacial score (nSPS) is 11.4. The van der Waals surface area contributed by atoms with Gasteiger partial charge in [-0.3, -0.25) is 4.79 Å². The van der Waals surface area contributed by atoms with Gasteiger partial charge in [0.1, 0.15) is 5.58 Å². The van der Waals surface area contributed by atoms with Crippen LogP contribution in [0.3, 0.4) is 0 Å². The standard InChI is InChI=1S/C26H27BrN4O2/c1-5-30(6-2)22-8-10-23(11-9-22)31-17(3)13-20(18(31)4)16-28-29-26(32)25-15-19-14-21(27)7-12-24(19)33-25/h7-16H,5-6H2,1-4H3,(H,29,32)/b28-16+. The Morgan fingerprint density at radius 1 is 1.09 bits per heavy atom. The molecule has 0 saturated heterocycles. The Morgan fingerprint density at radius 3 is 2.52 bits per heavy atom. The number of halogens is 1. The Kier molecular flexibility index (Phi) is 6.70. The number of aryl methyl sites for hydroxylation is 1. The number of carbonyl (C=O) groups excluding carboxylic acids is 1. The van der Waals surface area contributed by atoms with Crippen LogP contribution in [0.1, 0.15) is 41.4 Å². The SMILES string of the molecule is CCN(CC)c1ccc(-n2c(C)cc(/C=N/NC(=O)c3cc4cc(Br)ccc4o3)c2C)cc1. The predicted octanol–water partition coefficient (Wildman–Crippen LogP) is 6.21. The summed E-state index contributed by atoms with van der Waals surface area (Å²) < 4.78 is 8.74. The Bertz CT molecular complexity index is 1310. The van der Waals surface area contributed by atoms with E-state index in [1.54, 1.807) is 12.3 Å². The second kappa shape index (κ2) is 9.67. The first-order valence-corrected chi connectivity index (χ1v) is 11.8. The second-order valence-corrected chi connectivity index (χ2v) is 8.76. The van der Waals surface area contributed by atoms with Gasteiger partial charge < -0.3 is 13.9 Å². The molecule has 2 aromatic carbocycles. The fraction of sp³-hybridized carbons (Fsp3) is 0.231. The maximum atomic E-state index is 12.5. The molecule has 170 valence electrons. The smallest absolute Gasteiger partial charge is 0.307 e. The van der Waals surface area contributed by atoms with Crippen LogP contribution in [-0.2, 0) is 0 Å². The molecule has 4 aromatic rings. The molecule has 6 nitrogen and oxygen atoms in total. The van der Waals surface area contributed by atoms with E-state index in [9.17, 15) is 4.79 Å². The monoisotopic (exact) mass is 506 g/mol. The Balaban J connectivity index is 1.50. The maximum absolute atomic E-state index is 12.5. The minimum Gasteiger partial charge on any atom is -0.451 e. The number of benzene rings is 2. The molecule has 2 aromatic heterocycles. The molecule has 0 spiro atoms. The Morgan fingerprint density at radius 2 is 1.82 bits per heavy atom. The van der Waals surface area contributed by atoms with E-state index in [4.69, 9.17) is 4.42 Å². The number of hydrogen-bond acceptors (Lipinski definition) is 4. The fourth-order valence-electron chi connectivity index (χ4n) is 4.06. The number of aromatic nitrogens is 1. The summed E-state index contributed by atoms with van der Waals surface area (Å²) in [5.41, 5.74) is 8.61. The number of anilines is 1. The largest absolute Gasteiger partial charge is 0.451 e. The van der Waals surface area contributed by atoms with Crippen molar-refractivity contribution in [2.75, 3.05) is 18.0 Å². The van der Waals surface area contributed by atoms with E-state index in [2.05, 4.69) is 87.0 Å². The number of hydrazone groups is 1. The zero-order chi connectivity index (χ0) is 23.5. The van der Waals surface area contributed by atoms with Gasteiger partial charge in [-0.25, -0.2) is 5.43 Å². The van der Waals surface area contributed by atoms with Crippen LogP contribution in [0.5, 0.6) is 0 Å². The second-order valence-electron chi connectivity index (χ2n) is 7.84. The number of nitrogens with one attached hydrogen (secondary N) is 1. The van der Waals surface area contributed by atoms with Gasteiger partial charge in [-0.15, -0.1) is 0 Å². The summed E-state index contributed by atoms with van der Waals surface area (Å²) in [7, 11) is 0. The molecule has 0 aliphatic carbocycles. The molecule has 0 aliphatic heterocycles. The maximum Gasteiger partial charge on any atom is 0.307 e. The van der Waals surface area contributed by atoms with E-state index in [0.717, 1.165) is 45.6 Å². The van der Waals surface area contributed by atoms with Crippen molar-refractivity contribution < 1.29 is 9.21 Å². The molecule has 0 radical (unpaired) electrons. The number of nitrogens with zero attached hydrogens (tertiary/aromatic N) is 3. The minimum absolute atomic E-state index is 0.221. The van der Waals surface area contributed by atoms with Crippen LogP contribution in [0, 0.1) is 13.8 Å². The first-order valence-electron chi connectivity index (χ1n) is 11.0. The van der Waals surface area contributed by atoms with Crippen molar-refractivity contribution in [2.45, 2.75) is 27.7 Å². The molecule has 7 heteroatoms. The molecule has 0 fully saturated rings. The lowest BCUT2D eigenvalue weighted by Crippen LogP contribution is -2.21. The zero-order valence-corrected chi connectivity index (χ0v) is 20.8. The zero-order valence-electron chi connectivity index (χ0n) is 19.2. The first kappa shape index (κ1) is 22.9. The van der Waals surface area contributed by atoms with E-state index in [-0.39, 0.29) is 11.7 Å². The third kappa shape index (κ3) is 4.73. The van der Waals surface area contributed by atoms with Crippen molar-refractivity contribution in [1.29, 1.82) is 0 Å². The third-order valence-electron chi connectivity index (χ3n) is 5.78. The van der Waals surface area contributed by atoms with Crippen LogP contribution in [0.4, 0.5) is 5.69 Å². The number of amides is 1. The molecule has 0 aliphatic rings. The molecule has 1 N–H and O–H groups in total. The highest BCUT2D eigenvalue weighted by Crippen LogP contribution is 2.24. The van der Waals surface area contributed by atoms with Crippen molar-refractivity contribution in [3.8, 4) is 5.69 Å². The third-order valence-corrected chi connectivity index (χ3v) is 6.27. The minimum atomic E-state index is -0.389. The van der Waals surface area contributed by atoms with Crippen LogP contribution in [0.25, 0.3) is 16.7 Å². The lowest BCUT2D eigenvalue weighted by Gasteiger charge is -2.21. The predicted molar refractivity (Wildman–Crippen MR) is 138 cm³/mol. The molecule has 33 heavy (non-hydrogen) atoms. The highest BCUT2D eigenvalue weighted by molar-refractivity contribution is 9.10. The highest BCUT2D eigenvalue weighted by atomic mass is 79.9. The van der Waals surface area contributed by atoms with Crippen LogP contribution in [-0.4, -0.2) is 29.8 Å². The van der Waals surface area contributed by atoms with Crippen molar-refractivity contribution in [3.05, 3.63) is 81.8 Å². The van der Waals surface area contributed by atoms with Gasteiger partial charge >= 0.3 is 5.91 Å². The molecule has 0 bridgehead atoms. The van der Waals surface area contributed by atoms with Crippen molar-refractivity contribution >= 4 is 44.7 Å². The van der Waals surface area contributed by atoms with Gasteiger partial charge in [0.25, 0.3) is 0 Å². The Labute approximate surface area is 202 Å². The summed E-state index contributed by atoms with van der Waals surface area (Å²) in [4.78, 5) is 14.8. The summed E-state index contributed by atoms with van der Waals surface area (Å²) in [6, 6.07) is 17.9. The number of fused-ring (bicyclic) bond motifs is 1. The topological polar surface area (TPSA) is 62.8 Å². The van der Waals surface area contributed by atoms with Crippen LogP contribution in [0.15, 0.2) is 68.6 Å². The summed E-state index contributed by atoms with van der Waals surface area (Å²) >= 11 is 3.42. The average molecular weight is 507 g/mol. The van der Waals surface area contributed by atoms with Gasteiger partial charge in [0.05, 0.1) is 6.21 Å². The lowest BCUT2D eigenvalue weighted by molar-refractivity contribution is 0.0929. The van der Waals surface area contributed by atoms with E-state index in [0.29, 0.717) is 5.58 Å². The van der Waals surface area contributed by atoms with Crippen LogP contribution < -0.4 is 10.3 Å². The molecular formula is C26H27BrN4O2. The first-order chi connectivity index (χ1) is 15.9. The van der Waals surface area contributed by atoms with Crippen molar-refractivity contribution in [3.63, 3.8) is 0 Å². The average Bonchev–Trinajstić information content (AvgIpc) is 3.35. The van der Waals surface area contributed by atoms with E-state index >= 15 is 0 Å². The molecular weight excluding hydrogens is 480 g/mol.